The second kappa shape index (κ2) is 18.0. The molecule has 0 aliphatic carbocycles. The Kier molecular flexibility index (Phi) is 12.7. The molecule has 2 N–H and O–H groups in total. The molecule has 0 bridgehead atoms. The molecule has 9 heteroatoms. The van der Waals surface area contributed by atoms with Crippen LogP contribution in [0.5, 0.6) is 11.5 Å². The Bertz CT molecular complexity index is 1980. The largest absolute Gasteiger partial charge is 0.495 e. The molecular formula is C44H52N4O5. The van der Waals surface area contributed by atoms with Crippen LogP contribution in [0.1, 0.15) is 60.2 Å². The second-order valence-corrected chi connectivity index (χ2v) is 14.3. The number of aliphatic carboxylic acids is 1. The third-order valence-corrected chi connectivity index (χ3v) is 9.89. The number of hydrogen-bond donors (Lipinski definition) is 2. The number of ether oxygens (including phenoxy) is 2. The fraction of sp³-hybridized carbons (Fsp3) is 0.364. The monoisotopic (exact) mass is 716 g/mol. The standard InChI is InChI=1S/C44H52N4O5/c1-32(2)28-33-15-17-34(18-16-33)30-45-38-20-19-35(44(51)37-31-48(22-8-14-43(49)50)39-11-5-4-10-36(37)39)29-42(38)53-27-9-21-46-23-25-47(26-24-46)40-12-6-7-13-41(40)52-3/h4-7,10-13,15-20,29,31-32,45H,8-9,14,21-28,30H2,1-3H3,(H,49,50). The van der Waals surface area contributed by atoms with Gasteiger partial charge in [0.05, 0.1) is 25.1 Å². The van der Waals surface area contributed by atoms with Crippen molar-refractivity contribution in [2.75, 3.05) is 56.7 Å². The molecule has 5 aromatic rings. The zero-order valence-corrected chi connectivity index (χ0v) is 31.2. The molecule has 9 nitrogen and oxygen atoms in total. The highest BCUT2D eigenvalue weighted by molar-refractivity contribution is 6.16. The van der Waals surface area contributed by atoms with Crippen LogP contribution in [0.3, 0.4) is 0 Å². The van der Waals surface area contributed by atoms with Crippen LogP contribution in [0.2, 0.25) is 0 Å². The van der Waals surface area contributed by atoms with Gasteiger partial charge in [0.1, 0.15) is 11.5 Å². The number of carbonyl (C=O) groups is 2. The third kappa shape index (κ3) is 9.78. The van der Waals surface area contributed by atoms with Crippen molar-refractivity contribution >= 4 is 34.0 Å². The Morgan fingerprint density at radius 2 is 1.57 bits per heavy atom. The molecule has 1 aliphatic heterocycles. The van der Waals surface area contributed by atoms with Crippen LogP contribution in [0.15, 0.2) is 97.2 Å². The topological polar surface area (TPSA) is 96.3 Å². The fourth-order valence-electron chi connectivity index (χ4n) is 7.13. The Morgan fingerprint density at radius 3 is 2.32 bits per heavy atom. The number of aromatic nitrogens is 1. The molecular weight excluding hydrogens is 665 g/mol. The zero-order valence-electron chi connectivity index (χ0n) is 31.2. The molecule has 0 atom stereocenters. The van der Waals surface area contributed by atoms with Crippen LogP contribution in [-0.2, 0) is 24.3 Å². The molecule has 278 valence electrons. The van der Waals surface area contributed by atoms with Crippen molar-refractivity contribution in [2.45, 2.75) is 52.6 Å². The minimum absolute atomic E-state index is 0.0756. The number of carboxylic acids is 1. The highest BCUT2D eigenvalue weighted by atomic mass is 16.5. The van der Waals surface area contributed by atoms with Gasteiger partial charge in [0.25, 0.3) is 0 Å². The van der Waals surface area contributed by atoms with Gasteiger partial charge in [-0.15, -0.1) is 0 Å². The van der Waals surface area contributed by atoms with E-state index in [2.05, 4.69) is 65.4 Å². The Morgan fingerprint density at radius 1 is 0.830 bits per heavy atom. The van der Waals surface area contributed by atoms with E-state index in [1.165, 1.54) is 11.1 Å². The molecule has 6 rings (SSSR count). The third-order valence-electron chi connectivity index (χ3n) is 9.89. The first kappa shape index (κ1) is 37.5. The molecule has 1 aromatic heterocycles. The van der Waals surface area contributed by atoms with Gasteiger partial charge in [-0.3, -0.25) is 14.5 Å². The Labute approximate surface area is 313 Å². The maximum atomic E-state index is 14.1. The molecule has 1 aliphatic rings. The van der Waals surface area contributed by atoms with Crippen LogP contribution in [0, 0.1) is 5.92 Å². The smallest absolute Gasteiger partial charge is 0.303 e. The fourth-order valence-corrected chi connectivity index (χ4v) is 7.13. The highest BCUT2D eigenvalue weighted by Gasteiger charge is 2.21. The molecule has 1 fully saturated rings. The number of hydrogen-bond acceptors (Lipinski definition) is 7. The quantitative estimate of drug-likeness (QED) is 0.0693. The normalized spacial score (nSPS) is 13.4. The van der Waals surface area contributed by atoms with E-state index in [1.807, 2.05) is 65.4 Å². The summed E-state index contributed by atoms with van der Waals surface area (Å²) in [6, 6.07) is 30.4. The highest BCUT2D eigenvalue weighted by Crippen LogP contribution is 2.31. The van der Waals surface area contributed by atoms with E-state index < -0.39 is 5.97 Å². The maximum absolute atomic E-state index is 14.1. The van der Waals surface area contributed by atoms with Gasteiger partial charge in [-0.25, -0.2) is 0 Å². The summed E-state index contributed by atoms with van der Waals surface area (Å²) in [5.41, 5.74) is 6.54. The van der Waals surface area contributed by atoms with Crippen molar-refractivity contribution in [3.05, 3.63) is 119 Å². The van der Waals surface area contributed by atoms with Crippen molar-refractivity contribution in [3.8, 4) is 11.5 Å². The number of anilines is 2. The van der Waals surface area contributed by atoms with Gasteiger partial charge in [-0.05, 0) is 72.7 Å². The molecule has 0 unspecified atom stereocenters. The number of aryl methyl sites for hydroxylation is 1. The van der Waals surface area contributed by atoms with Gasteiger partial charge >= 0.3 is 5.97 Å². The summed E-state index contributed by atoms with van der Waals surface area (Å²) in [7, 11) is 1.72. The number of benzene rings is 4. The first-order chi connectivity index (χ1) is 25.8. The number of para-hydroxylation sites is 3. The van der Waals surface area contributed by atoms with Gasteiger partial charge in [0.2, 0.25) is 0 Å². The van der Waals surface area contributed by atoms with E-state index in [1.54, 1.807) is 7.11 Å². The number of carboxylic acid groups (broad SMARTS) is 1. The first-order valence-corrected chi connectivity index (χ1v) is 18.8. The molecule has 0 amide bonds. The minimum atomic E-state index is -0.825. The van der Waals surface area contributed by atoms with Gasteiger partial charge in [-0.1, -0.05) is 68.4 Å². The van der Waals surface area contributed by atoms with E-state index in [-0.39, 0.29) is 12.2 Å². The number of piperazine rings is 1. The van der Waals surface area contributed by atoms with E-state index in [9.17, 15) is 9.59 Å². The van der Waals surface area contributed by atoms with E-state index in [4.69, 9.17) is 14.6 Å². The van der Waals surface area contributed by atoms with Gasteiger partial charge in [0, 0.05) is 80.5 Å². The lowest BCUT2D eigenvalue weighted by molar-refractivity contribution is -0.137. The number of ketones is 1. The molecule has 1 saturated heterocycles. The van der Waals surface area contributed by atoms with Crippen LogP contribution in [0.4, 0.5) is 11.4 Å². The van der Waals surface area contributed by atoms with Crippen molar-refractivity contribution in [2.24, 2.45) is 5.92 Å². The van der Waals surface area contributed by atoms with Crippen molar-refractivity contribution < 1.29 is 24.2 Å². The lowest BCUT2D eigenvalue weighted by Crippen LogP contribution is -2.46. The summed E-state index contributed by atoms with van der Waals surface area (Å²) in [5, 5.41) is 13.6. The van der Waals surface area contributed by atoms with Crippen molar-refractivity contribution in [1.29, 1.82) is 0 Å². The van der Waals surface area contributed by atoms with Crippen LogP contribution in [0.25, 0.3) is 10.9 Å². The zero-order chi connectivity index (χ0) is 37.2. The number of rotatable bonds is 18. The average Bonchev–Trinajstić information content (AvgIpc) is 3.54. The summed E-state index contributed by atoms with van der Waals surface area (Å²) in [4.78, 5) is 30.1. The lowest BCUT2D eigenvalue weighted by Gasteiger charge is -2.36. The van der Waals surface area contributed by atoms with Crippen molar-refractivity contribution in [1.82, 2.24) is 9.47 Å². The van der Waals surface area contributed by atoms with Crippen molar-refractivity contribution in [3.63, 3.8) is 0 Å². The van der Waals surface area contributed by atoms with Crippen LogP contribution in [-0.4, -0.2) is 72.8 Å². The summed E-state index contributed by atoms with van der Waals surface area (Å²) in [6.45, 7) is 10.9. The Hall–Kier alpha value is -5.28. The van der Waals surface area contributed by atoms with Gasteiger partial charge in [0.15, 0.2) is 5.78 Å². The van der Waals surface area contributed by atoms with Gasteiger partial charge < -0.3 is 29.4 Å². The predicted molar refractivity (Wildman–Crippen MR) is 213 cm³/mol. The van der Waals surface area contributed by atoms with Crippen LogP contribution < -0.4 is 19.7 Å². The maximum Gasteiger partial charge on any atom is 0.303 e. The van der Waals surface area contributed by atoms with E-state index in [0.717, 1.165) is 73.6 Å². The molecule has 2 heterocycles. The summed E-state index contributed by atoms with van der Waals surface area (Å²) in [6.07, 6.45) is 4.33. The molecule has 0 radical (unpaired) electrons. The van der Waals surface area contributed by atoms with E-state index >= 15 is 0 Å². The lowest BCUT2D eigenvalue weighted by atomic mass is 10.0. The first-order valence-electron chi connectivity index (χ1n) is 18.8. The summed E-state index contributed by atoms with van der Waals surface area (Å²) >= 11 is 0. The molecule has 53 heavy (non-hydrogen) atoms. The number of nitrogens with zero attached hydrogens (tertiary/aromatic N) is 3. The minimum Gasteiger partial charge on any atom is -0.495 e. The number of nitrogens with one attached hydrogen (secondary N) is 1. The molecule has 0 saturated carbocycles. The van der Waals surface area contributed by atoms with Gasteiger partial charge in [-0.2, -0.15) is 0 Å². The molecule has 0 spiro atoms. The Balaban J connectivity index is 1.14. The molecule has 4 aromatic carbocycles. The number of carbonyl (C=O) groups excluding carboxylic acids is 1. The predicted octanol–water partition coefficient (Wildman–Crippen LogP) is 8.15. The summed E-state index contributed by atoms with van der Waals surface area (Å²) < 4.78 is 14.0. The SMILES string of the molecule is COc1ccccc1N1CCN(CCCOc2cc(C(=O)c3cn(CCCC(=O)O)c4ccccc34)ccc2NCc2ccc(CC(C)C)cc2)CC1. The average molecular weight is 717 g/mol. The number of fused-ring (bicyclic) bond motifs is 1. The van der Waals surface area contributed by atoms with Crippen LogP contribution >= 0.6 is 0 Å². The number of methoxy groups -OCH3 is 1. The second-order valence-electron chi connectivity index (χ2n) is 14.3. The summed E-state index contributed by atoms with van der Waals surface area (Å²) in [5.74, 6) is 1.25. The van der Waals surface area contributed by atoms with E-state index in [0.29, 0.717) is 48.9 Å².